The van der Waals surface area contributed by atoms with Gasteiger partial charge in [0.15, 0.2) is 0 Å². The van der Waals surface area contributed by atoms with E-state index < -0.39 is 0 Å². The fraction of sp³-hybridized carbons (Fsp3) is 0.353. The molecule has 5 nitrogen and oxygen atoms in total. The van der Waals surface area contributed by atoms with Crippen LogP contribution < -0.4 is 10.1 Å². The second kappa shape index (κ2) is 7.97. The molecule has 2 unspecified atom stereocenters. The molecule has 0 bridgehead atoms. The van der Waals surface area contributed by atoms with Crippen LogP contribution in [0.1, 0.15) is 13.8 Å². The lowest BCUT2D eigenvalue weighted by Crippen LogP contribution is -2.14. The van der Waals surface area contributed by atoms with Crippen LogP contribution in [-0.4, -0.2) is 37.9 Å². The number of benzene rings is 1. The first kappa shape index (κ1) is 17.3. The quantitative estimate of drug-likeness (QED) is 0.841. The number of thioether (sulfide) groups is 1. The van der Waals surface area contributed by atoms with Gasteiger partial charge in [0.05, 0.1) is 17.7 Å². The second-order valence-electron chi connectivity index (χ2n) is 5.02. The first-order valence-corrected chi connectivity index (χ1v) is 8.22. The smallest absolute Gasteiger partial charge is 0.262 e. The maximum atomic E-state index is 12.7. The van der Waals surface area contributed by atoms with Crippen LogP contribution >= 0.6 is 11.8 Å². The van der Waals surface area contributed by atoms with Gasteiger partial charge in [-0.2, -0.15) is 0 Å². The van der Waals surface area contributed by atoms with E-state index in [1.807, 2.05) is 44.3 Å². The van der Waals surface area contributed by atoms with Gasteiger partial charge in [-0.3, -0.25) is 9.79 Å². The number of rotatable bonds is 5. The van der Waals surface area contributed by atoms with Gasteiger partial charge in [-0.15, -0.1) is 0 Å². The number of anilines is 1. The lowest BCUT2D eigenvalue weighted by atomic mass is 10.0. The maximum Gasteiger partial charge on any atom is 0.262 e. The van der Waals surface area contributed by atoms with E-state index in [0.29, 0.717) is 16.3 Å². The first-order chi connectivity index (χ1) is 11.1. The Balaban J connectivity index is 2.24. The summed E-state index contributed by atoms with van der Waals surface area (Å²) in [7, 11) is 3.32. The van der Waals surface area contributed by atoms with Crippen molar-refractivity contribution >= 4 is 35.8 Å². The number of carbonyl (C=O) groups excluding carboxylic acids is 1. The molecule has 1 amide bonds. The van der Waals surface area contributed by atoms with Gasteiger partial charge in [0.1, 0.15) is 11.1 Å². The standard InChI is InChI=1S/C17H21N3O2S/c1-5-19-17-12(10-18-3)11(2)15(23-17)16(21)20-13-8-6-7-9-14(13)22-4/h5-10,12,17H,1-4H3,(H,20,21)/b18-10?,19-5+. The summed E-state index contributed by atoms with van der Waals surface area (Å²) >= 11 is 1.47. The zero-order valence-corrected chi connectivity index (χ0v) is 14.6. The van der Waals surface area contributed by atoms with Crippen LogP contribution in [0.4, 0.5) is 5.69 Å². The van der Waals surface area contributed by atoms with Crippen molar-refractivity contribution in [3.05, 3.63) is 34.7 Å². The molecule has 0 spiro atoms. The minimum Gasteiger partial charge on any atom is -0.495 e. The number of methoxy groups -OCH3 is 1. The molecule has 0 aliphatic carbocycles. The average Bonchev–Trinajstić information content (AvgIpc) is 2.86. The van der Waals surface area contributed by atoms with Crippen LogP contribution in [0.3, 0.4) is 0 Å². The van der Waals surface area contributed by atoms with E-state index in [1.165, 1.54) is 11.8 Å². The molecule has 0 saturated carbocycles. The number of ether oxygens (including phenoxy) is 1. The molecule has 0 radical (unpaired) electrons. The molecule has 0 fully saturated rings. The zero-order chi connectivity index (χ0) is 16.8. The third-order valence-corrected chi connectivity index (χ3v) is 4.97. The van der Waals surface area contributed by atoms with Gasteiger partial charge < -0.3 is 15.0 Å². The van der Waals surface area contributed by atoms with Gasteiger partial charge >= 0.3 is 0 Å². The molecule has 6 heteroatoms. The molecule has 2 atom stereocenters. The van der Waals surface area contributed by atoms with Crippen molar-refractivity contribution in [2.75, 3.05) is 19.5 Å². The van der Waals surface area contributed by atoms with Crippen molar-refractivity contribution < 1.29 is 9.53 Å². The van der Waals surface area contributed by atoms with Crippen LogP contribution in [0.2, 0.25) is 0 Å². The van der Waals surface area contributed by atoms with Crippen molar-refractivity contribution in [3.8, 4) is 5.75 Å². The fourth-order valence-electron chi connectivity index (χ4n) is 2.43. The highest BCUT2D eigenvalue weighted by Gasteiger charge is 2.34. The summed E-state index contributed by atoms with van der Waals surface area (Å²) in [5.74, 6) is 0.539. The Labute approximate surface area is 140 Å². The number of para-hydroxylation sites is 2. The third-order valence-electron chi connectivity index (χ3n) is 3.57. The monoisotopic (exact) mass is 331 g/mol. The molecule has 2 rings (SSSR count). The Kier molecular flexibility index (Phi) is 5.98. The van der Waals surface area contributed by atoms with Crippen LogP contribution in [0.25, 0.3) is 0 Å². The maximum absolute atomic E-state index is 12.7. The molecule has 1 aliphatic heterocycles. The summed E-state index contributed by atoms with van der Waals surface area (Å²) in [6.07, 6.45) is 3.62. The third kappa shape index (κ3) is 3.82. The first-order valence-electron chi connectivity index (χ1n) is 7.34. The van der Waals surface area contributed by atoms with E-state index in [0.717, 1.165) is 5.57 Å². The minimum atomic E-state index is -0.139. The normalized spacial score (nSPS) is 21.4. The van der Waals surface area contributed by atoms with E-state index >= 15 is 0 Å². The molecule has 1 aromatic rings. The fourth-order valence-corrected chi connectivity index (χ4v) is 3.75. The van der Waals surface area contributed by atoms with Crippen molar-refractivity contribution in [3.63, 3.8) is 0 Å². The summed E-state index contributed by atoms with van der Waals surface area (Å²) in [6.45, 7) is 3.84. The van der Waals surface area contributed by atoms with E-state index in [-0.39, 0.29) is 17.2 Å². The highest BCUT2D eigenvalue weighted by Crippen LogP contribution is 2.42. The topological polar surface area (TPSA) is 63.0 Å². The van der Waals surface area contributed by atoms with E-state index in [9.17, 15) is 4.79 Å². The Morgan fingerprint density at radius 3 is 2.78 bits per heavy atom. The predicted molar refractivity (Wildman–Crippen MR) is 97.8 cm³/mol. The van der Waals surface area contributed by atoms with Crippen molar-refractivity contribution in [2.24, 2.45) is 15.9 Å². The Morgan fingerprint density at radius 1 is 1.39 bits per heavy atom. The molecular weight excluding hydrogens is 310 g/mol. The van der Waals surface area contributed by atoms with Gasteiger partial charge in [0.25, 0.3) is 5.91 Å². The van der Waals surface area contributed by atoms with Gasteiger partial charge in [-0.25, -0.2) is 0 Å². The van der Waals surface area contributed by atoms with E-state index in [4.69, 9.17) is 4.74 Å². The predicted octanol–water partition coefficient (Wildman–Crippen LogP) is 3.39. The summed E-state index contributed by atoms with van der Waals surface area (Å²) in [5.41, 5.74) is 1.65. The van der Waals surface area contributed by atoms with Crippen LogP contribution in [0.5, 0.6) is 5.75 Å². The Morgan fingerprint density at radius 2 is 2.13 bits per heavy atom. The lowest BCUT2D eigenvalue weighted by Gasteiger charge is -2.11. The number of aliphatic imine (C=N–C) groups is 2. The number of amides is 1. The molecule has 23 heavy (non-hydrogen) atoms. The summed E-state index contributed by atoms with van der Waals surface area (Å²) < 4.78 is 5.27. The van der Waals surface area contributed by atoms with Crippen molar-refractivity contribution in [1.29, 1.82) is 0 Å². The Hall–Kier alpha value is -2.08. The average molecular weight is 331 g/mol. The number of hydrogen-bond acceptors (Lipinski definition) is 5. The minimum absolute atomic E-state index is 0.0397. The molecule has 122 valence electrons. The molecule has 1 aromatic carbocycles. The highest BCUT2D eigenvalue weighted by molar-refractivity contribution is 8.04. The molecule has 1 aliphatic rings. The number of nitrogens with one attached hydrogen (secondary N) is 1. The molecule has 0 aromatic heterocycles. The van der Waals surface area contributed by atoms with E-state index in [2.05, 4.69) is 15.3 Å². The van der Waals surface area contributed by atoms with Crippen LogP contribution in [-0.2, 0) is 4.79 Å². The van der Waals surface area contributed by atoms with Gasteiger partial charge in [-0.05, 0) is 37.8 Å². The van der Waals surface area contributed by atoms with Gasteiger partial charge in [0.2, 0.25) is 0 Å². The second-order valence-corrected chi connectivity index (χ2v) is 6.14. The van der Waals surface area contributed by atoms with Crippen LogP contribution in [0.15, 0.2) is 44.7 Å². The number of carbonyl (C=O) groups is 1. The lowest BCUT2D eigenvalue weighted by molar-refractivity contribution is -0.112. The van der Waals surface area contributed by atoms with E-state index in [1.54, 1.807) is 20.4 Å². The summed E-state index contributed by atoms with van der Waals surface area (Å²) in [4.78, 5) is 21.9. The van der Waals surface area contributed by atoms with Gasteiger partial charge in [0, 0.05) is 19.2 Å². The van der Waals surface area contributed by atoms with Crippen LogP contribution in [0, 0.1) is 5.92 Å². The molecule has 1 heterocycles. The largest absolute Gasteiger partial charge is 0.495 e. The van der Waals surface area contributed by atoms with Crippen molar-refractivity contribution in [2.45, 2.75) is 19.2 Å². The zero-order valence-electron chi connectivity index (χ0n) is 13.7. The number of nitrogens with zero attached hydrogens (tertiary/aromatic N) is 2. The van der Waals surface area contributed by atoms with Gasteiger partial charge in [-0.1, -0.05) is 23.9 Å². The summed E-state index contributed by atoms with van der Waals surface area (Å²) in [5, 5.41) is 2.88. The number of hydrogen-bond donors (Lipinski definition) is 1. The molecule has 0 saturated heterocycles. The van der Waals surface area contributed by atoms with Crippen molar-refractivity contribution in [1.82, 2.24) is 0 Å². The Bertz CT molecular complexity index is 668. The SMILES string of the molecule is C/C=N/C1SC(C(=O)Nc2ccccc2OC)=C(C)C1C=NC. The summed E-state index contributed by atoms with van der Waals surface area (Å²) in [6, 6.07) is 7.36. The molecular formula is C17H21N3O2S. The highest BCUT2D eigenvalue weighted by atomic mass is 32.2. The molecule has 1 N–H and O–H groups in total.